The van der Waals surface area contributed by atoms with Crippen molar-refractivity contribution >= 4 is 11.7 Å². The molecular formula is C14H21N3O2. The Balaban J connectivity index is 2.24. The zero-order chi connectivity index (χ0) is 14.1. The number of hydrogen-bond acceptors (Lipinski definition) is 3. The number of carbonyl (C=O) groups is 1. The number of nitrogens with zero attached hydrogens (tertiary/aromatic N) is 1. The van der Waals surface area contributed by atoms with Crippen LogP contribution in [0.2, 0.25) is 0 Å². The van der Waals surface area contributed by atoms with Gasteiger partial charge in [-0.05, 0) is 24.5 Å². The van der Waals surface area contributed by atoms with Crippen LogP contribution in [0.5, 0.6) is 0 Å². The smallest absolute Gasteiger partial charge is 0.405 e. The highest BCUT2D eigenvalue weighted by Gasteiger charge is 2.46. The van der Waals surface area contributed by atoms with Crippen molar-refractivity contribution in [1.29, 1.82) is 0 Å². The Morgan fingerprint density at radius 1 is 1.53 bits per heavy atom. The van der Waals surface area contributed by atoms with Crippen molar-refractivity contribution in [2.45, 2.75) is 45.6 Å². The summed E-state index contributed by atoms with van der Waals surface area (Å²) in [6.07, 6.45) is 5.47. The summed E-state index contributed by atoms with van der Waals surface area (Å²) in [7, 11) is 0. The van der Waals surface area contributed by atoms with E-state index in [2.05, 4.69) is 37.0 Å². The van der Waals surface area contributed by atoms with E-state index in [0.717, 1.165) is 18.5 Å². The first-order chi connectivity index (χ1) is 8.84. The van der Waals surface area contributed by atoms with Crippen LogP contribution in [0, 0.1) is 5.41 Å². The molecule has 1 aliphatic rings. The van der Waals surface area contributed by atoms with Gasteiger partial charge in [-0.25, -0.2) is 4.79 Å². The average molecular weight is 263 g/mol. The highest BCUT2D eigenvalue weighted by molar-refractivity contribution is 5.67. The third-order valence-electron chi connectivity index (χ3n) is 3.97. The van der Waals surface area contributed by atoms with Crippen molar-refractivity contribution in [3.8, 4) is 0 Å². The lowest BCUT2D eigenvalue weighted by atomic mass is 9.68. The van der Waals surface area contributed by atoms with Crippen LogP contribution in [-0.2, 0) is 4.74 Å². The van der Waals surface area contributed by atoms with Crippen molar-refractivity contribution in [3.63, 3.8) is 0 Å². The lowest BCUT2D eigenvalue weighted by molar-refractivity contribution is -0.0699. The van der Waals surface area contributed by atoms with Gasteiger partial charge in [-0.3, -0.25) is 5.10 Å². The van der Waals surface area contributed by atoms with Crippen LogP contribution in [0.15, 0.2) is 18.3 Å². The maximum Gasteiger partial charge on any atom is 0.405 e. The minimum Gasteiger partial charge on any atom is -0.442 e. The van der Waals surface area contributed by atoms with E-state index in [1.807, 2.05) is 12.3 Å². The first kappa shape index (κ1) is 13.6. The van der Waals surface area contributed by atoms with E-state index in [1.54, 1.807) is 0 Å². The number of allylic oxidation sites excluding steroid dienone is 1. The van der Waals surface area contributed by atoms with Gasteiger partial charge in [0, 0.05) is 18.0 Å². The van der Waals surface area contributed by atoms with E-state index < -0.39 is 11.7 Å². The normalized spacial score (nSPS) is 23.8. The van der Waals surface area contributed by atoms with E-state index in [0.29, 0.717) is 6.42 Å². The van der Waals surface area contributed by atoms with Crippen LogP contribution in [0.25, 0.3) is 5.57 Å². The van der Waals surface area contributed by atoms with Gasteiger partial charge in [-0.15, -0.1) is 0 Å². The predicted molar refractivity (Wildman–Crippen MR) is 73.3 cm³/mol. The van der Waals surface area contributed by atoms with E-state index >= 15 is 0 Å². The minimum absolute atomic E-state index is 0.157. The SMILES string of the molecule is CC(C)(C)C1(OC(N)=O)CC=C(c2cc[nH]n2)CC1. The van der Waals surface area contributed by atoms with Gasteiger partial charge in [-0.2, -0.15) is 5.10 Å². The molecule has 0 radical (unpaired) electrons. The van der Waals surface area contributed by atoms with Gasteiger partial charge in [0.05, 0.1) is 5.69 Å². The monoisotopic (exact) mass is 263 g/mol. The molecule has 0 fully saturated rings. The van der Waals surface area contributed by atoms with Crippen molar-refractivity contribution < 1.29 is 9.53 Å². The van der Waals surface area contributed by atoms with E-state index in [1.165, 1.54) is 5.57 Å². The molecule has 1 aromatic heterocycles. The zero-order valence-electron chi connectivity index (χ0n) is 11.7. The summed E-state index contributed by atoms with van der Waals surface area (Å²) in [4.78, 5) is 11.2. The van der Waals surface area contributed by atoms with Gasteiger partial charge in [0.2, 0.25) is 0 Å². The summed E-state index contributed by atoms with van der Waals surface area (Å²) < 4.78 is 5.47. The number of ether oxygens (including phenoxy) is 1. The van der Waals surface area contributed by atoms with Gasteiger partial charge in [0.25, 0.3) is 0 Å². The Bertz CT molecular complexity index is 485. The van der Waals surface area contributed by atoms with E-state index in [-0.39, 0.29) is 5.41 Å². The Labute approximate surface area is 113 Å². The van der Waals surface area contributed by atoms with Gasteiger partial charge in [0.15, 0.2) is 0 Å². The Morgan fingerprint density at radius 2 is 2.26 bits per heavy atom. The zero-order valence-corrected chi connectivity index (χ0v) is 11.7. The maximum absolute atomic E-state index is 11.2. The molecule has 0 spiro atoms. The number of carbonyl (C=O) groups excluding carboxylic acids is 1. The highest BCUT2D eigenvalue weighted by atomic mass is 16.6. The third-order valence-corrected chi connectivity index (χ3v) is 3.97. The molecular weight excluding hydrogens is 242 g/mol. The second kappa shape index (κ2) is 4.72. The van der Waals surface area contributed by atoms with Crippen LogP contribution in [0.1, 0.15) is 45.7 Å². The number of aromatic amines is 1. The van der Waals surface area contributed by atoms with Crippen LogP contribution in [-0.4, -0.2) is 21.9 Å². The number of rotatable bonds is 2. The number of nitrogens with one attached hydrogen (secondary N) is 1. The molecule has 1 aliphatic carbocycles. The fourth-order valence-corrected chi connectivity index (χ4v) is 2.62. The lowest BCUT2D eigenvalue weighted by Gasteiger charge is -2.45. The molecule has 0 saturated carbocycles. The number of primary amides is 1. The van der Waals surface area contributed by atoms with Crippen molar-refractivity contribution in [3.05, 3.63) is 24.0 Å². The van der Waals surface area contributed by atoms with Crippen molar-refractivity contribution in [2.75, 3.05) is 0 Å². The summed E-state index contributed by atoms with van der Waals surface area (Å²) in [6.45, 7) is 6.22. The number of nitrogens with two attached hydrogens (primary N) is 1. The topological polar surface area (TPSA) is 81.0 Å². The largest absolute Gasteiger partial charge is 0.442 e. The molecule has 0 aromatic carbocycles. The van der Waals surface area contributed by atoms with Crippen LogP contribution < -0.4 is 5.73 Å². The third kappa shape index (κ3) is 2.64. The standard InChI is InChI=1S/C14H21N3O2/c1-13(2,3)14(19-12(15)18)7-4-10(5-8-14)11-6-9-16-17-11/h4,6,9H,5,7-8H2,1-3H3,(H2,15,18)(H,16,17). The molecule has 5 nitrogen and oxygen atoms in total. The fraction of sp³-hybridized carbons (Fsp3) is 0.571. The quantitative estimate of drug-likeness (QED) is 0.860. The molecule has 0 saturated heterocycles. The Hall–Kier alpha value is -1.78. The summed E-state index contributed by atoms with van der Waals surface area (Å²) >= 11 is 0. The van der Waals surface area contributed by atoms with Gasteiger partial charge in [-0.1, -0.05) is 26.8 Å². The van der Waals surface area contributed by atoms with Gasteiger partial charge in [0.1, 0.15) is 5.60 Å². The van der Waals surface area contributed by atoms with Gasteiger partial charge >= 0.3 is 6.09 Å². The molecule has 1 atom stereocenters. The van der Waals surface area contributed by atoms with Crippen LogP contribution >= 0.6 is 0 Å². The molecule has 1 aromatic rings. The summed E-state index contributed by atoms with van der Waals surface area (Å²) in [5, 5.41) is 7.00. The maximum atomic E-state index is 11.2. The van der Waals surface area contributed by atoms with Crippen LogP contribution in [0.3, 0.4) is 0 Å². The molecule has 104 valence electrons. The average Bonchev–Trinajstić information content (AvgIpc) is 2.81. The predicted octanol–water partition coefficient (Wildman–Crippen LogP) is 2.86. The molecule has 3 N–H and O–H groups in total. The fourth-order valence-electron chi connectivity index (χ4n) is 2.62. The second-order valence-electron chi connectivity index (χ2n) is 6.06. The molecule has 2 rings (SSSR count). The molecule has 19 heavy (non-hydrogen) atoms. The Morgan fingerprint density at radius 3 is 2.68 bits per heavy atom. The lowest BCUT2D eigenvalue weighted by Crippen LogP contribution is -2.48. The Kier molecular flexibility index (Phi) is 3.39. The molecule has 1 amide bonds. The number of amides is 1. The highest BCUT2D eigenvalue weighted by Crippen LogP contribution is 2.45. The molecule has 1 heterocycles. The van der Waals surface area contributed by atoms with E-state index in [9.17, 15) is 4.79 Å². The van der Waals surface area contributed by atoms with Crippen LogP contribution in [0.4, 0.5) is 4.79 Å². The molecule has 5 heteroatoms. The van der Waals surface area contributed by atoms with Crippen molar-refractivity contribution in [1.82, 2.24) is 10.2 Å². The summed E-state index contributed by atoms with van der Waals surface area (Å²) in [5.41, 5.74) is 6.70. The van der Waals surface area contributed by atoms with E-state index in [4.69, 9.17) is 10.5 Å². The first-order valence-corrected chi connectivity index (χ1v) is 6.52. The minimum atomic E-state index is -0.702. The molecule has 0 aliphatic heterocycles. The summed E-state index contributed by atoms with van der Waals surface area (Å²) in [5.74, 6) is 0. The molecule has 0 bridgehead atoms. The number of hydrogen-bond donors (Lipinski definition) is 2. The van der Waals surface area contributed by atoms with Gasteiger partial charge < -0.3 is 10.5 Å². The first-order valence-electron chi connectivity index (χ1n) is 6.52. The second-order valence-corrected chi connectivity index (χ2v) is 6.06. The number of aromatic nitrogens is 2. The number of H-pyrrole nitrogens is 1. The molecule has 1 unspecified atom stereocenters. The van der Waals surface area contributed by atoms with Crippen molar-refractivity contribution in [2.24, 2.45) is 11.1 Å². The summed E-state index contributed by atoms with van der Waals surface area (Å²) in [6, 6.07) is 1.95.